The first-order valence-electron chi connectivity index (χ1n) is 7.50. The van der Waals surface area contributed by atoms with Crippen molar-refractivity contribution in [1.29, 1.82) is 0 Å². The number of amides is 2. The normalized spacial score (nSPS) is 11.4. The standard InChI is InChI=1S/C18H20N2O3/c1-3-23-17(21)15-11-7-8-12-16(15)20-18(22)19-13(2)14-9-5-4-6-10-14/h4-13H,3H2,1-2H3,(H2,19,20,22)/t13-/m1/s1. The number of benzene rings is 2. The minimum absolute atomic E-state index is 0.147. The fourth-order valence-corrected chi connectivity index (χ4v) is 2.16. The Morgan fingerprint density at radius 3 is 2.39 bits per heavy atom. The largest absolute Gasteiger partial charge is 0.462 e. The van der Waals surface area contributed by atoms with Gasteiger partial charge in [0.1, 0.15) is 0 Å². The van der Waals surface area contributed by atoms with Gasteiger partial charge in [-0.25, -0.2) is 9.59 Å². The van der Waals surface area contributed by atoms with Gasteiger partial charge >= 0.3 is 12.0 Å². The Kier molecular flexibility index (Phi) is 5.74. The van der Waals surface area contributed by atoms with Gasteiger partial charge < -0.3 is 15.4 Å². The molecule has 0 aliphatic carbocycles. The summed E-state index contributed by atoms with van der Waals surface area (Å²) in [5.74, 6) is -0.459. The number of urea groups is 1. The molecule has 2 aromatic carbocycles. The van der Waals surface area contributed by atoms with Crippen molar-refractivity contribution in [2.75, 3.05) is 11.9 Å². The van der Waals surface area contributed by atoms with Crippen LogP contribution in [-0.4, -0.2) is 18.6 Å². The monoisotopic (exact) mass is 312 g/mol. The van der Waals surface area contributed by atoms with E-state index in [0.29, 0.717) is 11.3 Å². The molecule has 0 spiro atoms. The molecule has 0 aromatic heterocycles. The van der Waals surface area contributed by atoms with E-state index in [0.717, 1.165) is 5.56 Å². The van der Waals surface area contributed by atoms with Gasteiger partial charge in [0.2, 0.25) is 0 Å². The maximum absolute atomic E-state index is 12.2. The van der Waals surface area contributed by atoms with E-state index >= 15 is 0 Å². The van der Waals surface area contributed by atoms with Crippen molar-refractivity contribution < 1.29 is 14.3 Å². The second-order valence-corrected chi connectivity index (χ2v) is 5.00. The molecule has 2 N–H and O–H groups in total. The van der Waals surface area contributed by atoms with Crippen molar-refractivity contribution in [3.63, 3.8) is 0 Å². The minimum Gasteiger partial charge on any atom is -0.462 e. The van der Waals surface area contributed by atoms with Gasteiger partial charge in [-0.05, 0) is 31.5 Å². The molecule has 2 rings (SSSR count). The van der Waals surface area contributed by atoms with Crippen molar-refractivity contribution >= 4 is 17.7 Å². The average Bonchev–Trinajstić information content (AvgIpc) is 2.56. The van der Waals surface area contributed by atoms with Crippen LogP contribution in [-0.2, 0) is 4.74 Å². The third-order valence-corrected chi connectivity index (χ3v) is 3.32. The molecule has 2 aromatic rings. The lowest BCUT2D eigenvalue weighted by Crippen LogP contribution is -2.31. The number of nitrogens with one attached hydrogen (secondary N) is 2. The number of hydrogen-bond donors (Lipinski definition) is 2. The summed E-state index contributed by atoms with van der Waals surface area (Å²) >= 11 is 0. The van der Waals surface area contributed by atoms with E-state index in [1.54, 1.807) is 31.2 Å². The Hall–Kier alpha value is -2.82. The number of carbonyl (C=O) groups excluding carboxylic acids is 2. The van der Waals surface area contributed by atoms with Crippen LogP contribution in [0, 0.1) is 0 Å². The Labute approximate surface area is 135 Å². The van der Waals surface area contributed by atoms with E-state index < -0.39 is 5.97 Å². The van der Waals surface area contributed by atoms with Crippen molar-refractivity contribution in [2.24, 2.45) is 0 Å². The molecule has 120 valence electrons. The van der Waals surface area contributed by atoms with E-state index in [1.807, 2.05) is 37.3 Å². The summed E-state index contributed by atoms with van der Waals surface area (Å²) in [5.41, 5.74) is 1.75. The summed E-state index contributed by atoms with van der Waals surface area (Å²) in [7, 11) is 0. The Bertz CT molecular complexity index is 671. The zero-order chi connectivity index (χ0) is 16.7. The summed E-state index contributed by atoms with van der Waals surface area (Å²) in [6.07, 6.45) is 0. The molecule has 0 saturated carbocycles. The summed E-state index contributed by atoms with van der Waals surface area (Å²) in [5, 5.41) is 5.54. The zero-order valence-electron chi connectivity index (χ0n) is 13.2. The molecule has 0 fully saturated rings. The highest BCUT2D eigenvalue weighted by molar-refractivity contribution is 6.00. The molecule has 5 heteroatoms. The number of ether oxygens (including phenoxy) is 1. The molecule has 23 heavy (non-hydrogen) atoms. The second-order valence-electron chi connectivity index (χ2n) is 5.00. The lowest BCUT2D eigenvalue weighted by molar-refractivity contribution is 0.0527. The topological polar surface area (TPSA) is 67.4 Å². The number of hydrogen-bond acceptors (Lipinski definition) is 3. The van der Waals surface area contributed by atoms with Crippen LogP contribution in [0.25, 0.3) is 0 Å². The van der Waals surface area contributed by atoms with Gasteiger partial charge in [0.15, 0.2) is 0 Å². The lowest BCUT2D eigenvalue weighted by atomic mass is 10.1. The summed E-state index contributed by atoms with van der Waals surface area (Å²) in [4.78, 5) is 24.1. The van der Waals surface area contributed by atoms with Crippen LogP contribution in [0.15, 0.2) is 54.6 Å². The summed E-state index contributed by atoms with van der Waals surface area (Å²) in [6, 6.07) is 15.9. The average molecular weight is 312 g/mol. The van der Waals surface area contributed by atoms with Crippen molar-refractivity contribution in [1.82, 2.24) is 5.32 Å². The van der Waals surface area contributed by atoms with Gasteiger partial charge in [0.05, 0.1) is 23.9 Å². The fraction of sp³-hybridized carbons (Fsp3) is 0.222. The Morgan fingerprint density at radius 1 is 1.04 bits per heavy atom. The molecule has 0 saturated heterocycles. The van der Waals surface area contributed by atoms with Crippen LogP contribution in [0.1, 0.15) is 35.8 Å². The van der Waals surface area contributed by atoms with Gasteiger partial charge in [-0.15, -0.1) is 0 Å². The predicted octanol–water partition coefficient (Wildman–Crippen LogP) is 3.75. The van der Waals surface area contributed by atoms with Gasteiger partial charge in [0, 0.05) is 0 Å². The van der Waals surface area contributed by atoms with Gasteiger partial charge in [0.25, 0.3) is 0 Å². The maximum Gasteiger partial charge on any atom is 0.340 e. The van der Waals surface area contributed by atoms with Gasteiger partial charge in [-0.2, -0.15) is 0 Å². The van der Waals surface area contributed by atoms with E-state index in [1.165, 1.54) is 0 Å². The Morgan fingerprint density at radius 2 is 1.70 bits per heavy atom. The van der Waals surface area contributed by atoms with Crippen LogP contribution in [0.2, 0.25) is 0 Å². The van der Waals surface area contributed by atoms with Crippen LogP contribution in [0.4, 0.5) is 10.5 Å². The summed E-state index contributed by atoms with van der Waals surface area (Å²) < 4.78 is 4.99. The van der Waals surface area contributed by atoms with Crippen LogP contribution in [0.3, 0.4) is 0 Å². The molecule has 0 heterocycles. The molecule has 5 nitrogen and oxygen atoms in total. The molecule has 0 radical (unpaired) electrons. The van der Waals surface area contributed by atoms with E-state index in [-0.39, 0.29) is 18.7 Å². The predicted molar refractivity (Wildman–Crippen MR) is 89.4 cm³/mol. The number of rotatable bonds is 5. The number of para-hydroxylation sites is 1. The first-order chi connectivity index (χ1) is 11.1. The Balaban J connectivity index is 2.04. The zero-order valence-corrected chi connectivity index (χ0v) is 13.2. The van der Waals surface area contributed by atoms with E-state index in [9.17, 15) is 9.59 Å². The third kappa shape index (κ3) is 4.57. The van der Waals surface area contributed by atoms with E-state index in [4.69, 9.17) is 4.74 Å². The molecule has 1 atom stereocenters. The smallest absolute Gasteiger partial charge is 0.340 e. The highest BCUT2D eigenvalue weighted by Crippen LogP contribution is 2.17. The van der Waals surface area contributed by atoms with Crippen molar-refractivity contribution in [3.8, 4) is 0 Å². The molecular weight excluding hydrogens is 292 g/mol. The number of esters is 1. The highest BCUT2D eigenvalue weighted by atomic mass is 16.5. The maximum atomic E-state index is 12.2. The first kappa shape index (κ1) is 16.5. The number of anilines is 1. The van der Waals surface area contributed by atoms with Crippen LogP contribution in [0.5, 0.6) is 0 Å². The SMILES string of the molecule is CCOC(=O)c1ccccc1NC(=O)N[C@H](C)c1ccccc1. The molecular formula is C18H20N2O3. The molecule has 0 bridgehead atoms. The van der Waals surface area contributed by atoms with Crippen molar-refractivity contribution in [3.05, 3.63) is 65.7 Å². The third-order valence-electron chi connectivity index (χ3n) is 3.32. The molecule has 0 unspecified atom stereocenters. The van der Waals surface area contributed by atoms with E-state index in [2.05, 4.69) is 10.6 Å². The second kappa shape index (κ2) is 7.98. The van der Waals surface area contributed by atoms with Gasteiger partial charge in [-0.3, -0.25) is 0 Å². The lowest BCUT2D eigenvalue weighted by Gasteiger charge is -2.16. The quantitative estimate of drug-likeness (QED) is 0.826. The van der Waals surface area contributed by atoms with Crippen molar-refractivity contribution in [2.45, 2.75) is 19.9 Å². The molecule has 0 aliphatic rings. The number of carbonyl (C=O) groups is 2. The van der Waals surface area contributed by atoms with Crippen LogP contribution >= 0.6 is 0 Å². The molecule has 2 amide bonds. The molecule has 0 aliphatic heterocycles. The van der Waals surface area contributed by atoms with Gasteiger partial charge in [-0.1, -0.05) is 42.5 Å². The summed E-state index contributed by atoms with van der Waals surface area (Å²) in [6.45, 7) is 3.92. The fourth-order valence-electron chi connectivity index (χ4n) is 2.16. The highest BCUT2D eigenvalue weighted by Gasteiger charge is 2.15. The van der Waals surface area contributed by atoms with Crippen LogP contribution < -0.4 is 10.6 Å². The minimum atomic E-state index is -0.459. The first-order valence-corrected chi connectivity index (χ1v) is 7.50.